The smallest absolute Gasteiger partial charge is 0.0652 e. The fraction of sp³-hybridized carbons (Fsp3) is 0.667. The molecule has 90 valence electrons. The Balaban J connectivity index is 1.87. The minimum absolute atomic E-state index is 0.223. The standard InChI is InChI=1S/C12H20N2OS/c1-12(2)10(6-11(12)15-3)14-7-9-8(13)4-5-16-9/h4-5,10-11,14H,6-7,13H2,1-3H3. The van der Waals surface area contributed by atoms with E-state index >= 15 is 0 Å². The quantitative estimate of drug-likeness (QED) is 0.848. The molecule has 1 aromatic heterocycles. The maximum Gasteiger partial charge on any atom is 0.0652 e. The van der Waals surface area contributed by atoms with E-state index in [1.54, 1.807) is 18.4 Å². The van der Waals surface area contributed by atoms with Crippen LogP contribution >= 0.6 is 11.3 Å². The Bertz CT molecular complexity index is 362. The molecular weight excluding hydrogens is 220 g/mol. The molecule has 3 nitrogen and oxygen atoms in total. The molecule has 1 fully saturated rings. The summed E-state index contributed by atoms with van der Waals surface area (Å²) in [4.78, 5) is 1.23. The van der Waals surface area contributed by atoms with E-state index in [1.165, 1.54) is 4.88 Å². The second-order valence-corrected chi connectivity index (χ2v) is 6.01. The summed E-state index contributed by atoms with van der Waals surface area (Å²) in [5.74, 6) is 0. The highest BCUT2D eigenvalue weighted by Crippen LogP contribution is 2.42. The lowest BCUT2D eigenvalue weighted by Gasteiger charge is -2.51. The van der Waals surface area contributed by atoms with Crippen molar-refractivity contribution in [2.24, 2.45) is 5.41 Å². The molecule has 0 aliphatic heterocycles. The summed E-state index contributed by atoms with van der Waals surface area (Å²) in [5.41, 5.74) is 6.98. The van der Waals surface area contributed by atoms with Crippen molar-refractivity contribution in [1.82, 2.24) is 5.32 Å². The van der Waals surface area contributed by atoms with Crippen molar-refractivity contribution < 1.29 is 4.74 Å². The van der Waals surface area contributed by atoms with E-state index in [0.717, 1.165) is 18.7 Å². The summed E-state index contributed by atoms with van der Waals surface area (Å²) in [6.45, 7) is 5.37. The molecule has 1 aliphatic carbocycles. The number of nitrogens with one attached hydrogen (secondary N) is 1. The van der Waals surface area contributed by atoms with E-state index in [9.17, 15) is 0 Å². The van der Waals surface area contributed by atoms with Crippen molar-refractivity contribution in [2.45, 2.75) is 39.0 Å². The van der Waals surface area contributed by atoms with E-state index in [4.69, 9.17) is 10.5 Å². The van der Waals surface area contributed by atoms with Gasteiger partial charge in [-0.15, -0.1) is 11.3 Å². The monoisotopic (exact) mass is 240 g/mol. The highest BCUT2D eigenvalue weighted by Gasteiger charge is 2.48. The van der Waals surface area contributed by atoms with Gasteiger partial charge >= 0.3 is 0 Å². The molecule has 2 unspecified atom stereocenters. The molecule has 1 aliphatic rings. The van der Waals surface area contributed by atoms with Gasteiger partial charge in [0.1, 0.15) is 0 Å². The van der Waals surface area contributed by atoms with E-state index in [2.05, 4.69) is 19.2 Å². The van der Waals surface area contributed by atoms with Gasteiger partial charge in [0.25, 0.3) is 0 Å². The van der Waals surface area contributed by atoms with E-state index in [0.29, 0.717) is 12.1 Å². The van der Waals surface area contributed by atoms with Crippen LogP contribution in [0.25, 0.3) is 0 Å². The van der Waals surface area contributed by atoms with E-state index < -0.39 is 0 Å². The zero-order valence-corrected chi connectivity index (χ0v) is 10.9. The zero-order valence-electron chi connectivity index (χ0n) is 10.1. The molecule has 4 heteroatoms. The summed E-state index contributed by atoms with van der Waals surface area (Å²) in [5, 5.41) is 5.61. The summed E-state index contributed by atoms with van der Waals surface area (Å²) in [7, 11) is 1.79. The fourth-order valence-electron chi connectivity index (χ4n) is 2.34. The van der Waals surface area contributed by atoms with Gasteiger partial charge in [-0.2, -0.15) is 0 Å². The third-order valence-electron chi connectivity index (χ3n) is 3.75. The van der Waals surface area contributed by atoms with Crippen LogP contribution < -0.4 is 11.1 Å². The number of anilines is 1. The van der Waals surface area contributed by atoms with Crippen molar-refractivity contribution >= 4 is 17.0 Å². The van der Waals surface area contributed by atoms with Crippen molar-refractivity contribution in [3.05, 3.63) is 16.3 Å². The van der Waals surface area contributed by atoms with Crippen LogP contribution in [0.2, 0.25) is 0 Å². The highest BCUT2D eigenvalue weighted by molar-refractivity contribution is 7.10. The van der Waals surface area contributed by atoms with Crippen LogP contribution in [-0.2, 0) is 11.3 Å². The van der Waals surface area contributed by atoms with Crippen molar-refractivity contribution in [1.29, 1.82) is 0 Å². The van der Waals surface area contributed by atoms with Gasteiger partial charge < -0.3 is 15.8 Å². The zero-order chi connectivity index (χ0) is 11.8. The maximum atomic E-state index is 5.85. The normalized spacial score (nSPS) is 27.7. The lowest BCUT2D eigenvalue weighted by atomic mass is 9.64. The molecule has 16 heavy (non-hydrogen) atoms. The number of hydrogen-bond donors (Lipinski definition) is 2. The van der Waals surface area contributed by atoms with Gasteiger partial charge in [-0.1, -0.05) is 13.8 Å². The topological polar surface area (TPSA) is 47.3 Å². The van der Waals surface area contributed by atoms with E-state index in [-0.39, 0.29) is 5.41 Å². The van der Waals surface area contributed by atoms with Crippen LogP contribution in [0.15, 0.2) is 11.4 Å². The number of hydrogen-bond acceptors (Lipinski definition) is 4. The van der Waals surface area contributed by atoms with Gasteiger partial charge in [0.05, 0.1) is 6.10 Å². The number of rotatable bonds is 4. The maximum absolute atomic E-state index is 5.85. The number of ether oxygens (including phenoxy) is 1. The summed E-state index contributed by atoms with van der Waals surface area (Å²) in [6, 6.07) is 2.49. The molecule has 0 radical (unpaired) electrons. The molecule has 1 saturated carbocycles. The highest BCUT2D eigenvalue weighted by atomic mass is 32.1. The minimum Gasteiger partial charge on any atom is -0.398 e. The van der Waals surface area contributed by atoms with Crippen molar-refractivity contribution in [3.63, 3.8) is 0 Å². The number of nitrogen functional groups attached to an aromatic ring is 1. The molecule has 0 spiro atoms. The molecule has 0 bridgehead atoms. The molecule has 2 rings (SSSR count). The molecular formula is C12H20N2OS. The lowest BCUT2D eigenvalue weighted by Crippen LogP contribution is -2.60. The first kappa shape index (κ1) is 11.9. The molecule has 1 heterocycles. The van der Waals surface area contributed by atoms with Crippen LogP contribution in [-0.4, -0.2) is 19.3 Å². The van der Waals surface area contributed by atoms with Crippen LogP contribution in [0.5, 0.6) is 0 Å². The van der Waals surface area contributed by atoms with Crippen molar-refractivity contribution in [2.75, 3.05) is 12.8 Å². The molecule has 0 amide bonds. The Kier molecular flexibility index (Phi) is 3.24. The van der Waals surface area contributed by atoms with Gasteiger partial charge in [-0.25, -0.2) is 0 Å². The Morgan fingerprint density at radius 1 is 1.62 bits per heavy atom. The van der Waals surface area contributed by atoms with Gasteiger partial charge in [-0.05, 0) is 17.9 Å². The minimum atomic E-state index is 0.223. The fourth-order valence-corrected chi connectivity index (χ4v) is 3.09. The number of nitrogens with two attached hydrogens (primary N) is 1. The first-order valence-electron chi connectivity index (χ1n) is 5.63. The molecule has 0 aromatic carbocycles. The summed E-state index contributed by atoms with van der Waals surface area (Å²) >= 11 is 1.71. The predicted octanol–water partition coefficient (Wildman–Crippen LogP) is 2.23. The van der Waals surface area contributed by atoms with Crippen LogP contribution in [0.4, 0.5) is 5.69 Å². The SMILES string of the molecule is COC1CC(NCc2sccc2N)C1(C)C. The Labute approximate surface area is 101 Å². The third kappa shape index (κ3) is 1.97. The van der Waals surface area contributed by atoms with Crippen LogP contribution in [0.3, 0.4) is 0 Å². The largest absolute Gasteiger partial charge is 0.398 e. The Morgan fingerprint density at radius 3 is 2.88 bits per heavy atom. The van der Waals surface area contributed by atoms with Gasteiger partial charge in [0.15, 0.2) is 0 Å². The molecule has 1 aromatic rings. The molecule has 0 saturated heterocycles. The first-order valence-corrected chi connectivity index (χ1v) is 6.51. The number of methoxy groups -OCH3 is 1. The van der Waals surface area contributed by atoms with Gasteiger partial charge in [0, 0.05) is 35.7 Å². The molecule has 3 N–H and O–H groups in total. The van der Waals surface area contributed by atoms with Crippen molar-refractivity contribution in [3.8, 4) is 0 Å². The Morgan fingerprint density at radius 2 is 2.38 bits per heavy atom. The van der Waals surface area contributed by atoms with Crippen LogP contribution in [0, 0.1) is 5.41 Å². The molecule has 2 atom stereocenters. The predicted molar refractivity (Wildman–Crippen MR) is 68.6 cm³/mol. The lowest BCUT2D eigenvalue weighted by molar-refractivity contribution is -0.0978. The van der Waals surface area contributed by atoms with Gasteiger partial charge in [0.2, 0.25) is 0 Å². The first-order chi connectivity index (χ1) is 7.55. The summed E-state index contributed by atoms with van der Waals surface area (Å²) in [6.07, 6.45) is 1.47. The Hall–Kier alpha value is -0.580. The second-order valence-electron chi connectivity index (χ2n) is 5.01. The average Bonchev–Trinajstić information content (AvgIpc) is 2.63. The third-order valence-corrected chi connectivity index (χ3v) is 4.69. The van der Waals surface area contributed by atoms with Gasteiger partial charge in [-0.3, -0.25) is 0 Å². The summed E-state index contributed by atoms with van der Waals surface area (Å²) < 4.78 is 5.43. The average molecular weight is 240 g/mol. The number of thiophene rings is 1. The van der Waals surface area contributed by atoms with E-state index in [1.807, 2.05) is 11.4 Å². The van der Waals surface area contributed by atoms with Crippen LogP contribution in [0.1, 0.15) is 25.1 Å². The second kappa shape index (κ2) is 4.35.